The average Bonchev–Trinajstić information content (AvgIpc) is 3.54. The number of furan rings is 1. The lowest BCUT2D eigenvalue weighted by molar-refractivity contribution is -0.117. The molecule has 0 bridgehead atoms. The number of nitrogens with zero attached hydrogens (tertiary/aromatic N) is 3. The Labute approximate surface area is 210 Å². The first-order valence-electron chi connectivity index (χ1n) is 11.8. The zero-order valence-electron chi connectivity index (χ0n) is 20.9. The van der Waals surface area contributed by atoms with Crippen LogP contribution in [0.4, 0.5) is 5.95 Å². The Hall–Kier alpha value is -4.33. The molecule has 1 N–H and O–H groups in total. The first-order valence-corrected chi connectivity index (χ1v) is 11.8. The molecule has 2 heterocycles. The molecule has 8 nitrogen and oxygen atoms in total. The number of aryl methyl sites for hydroxylation is 1. The highest BCUT2D eigenvalue weighted by Crippen LogP contribution is 2.26. The van der Waals surface area contributed by atoms with E-state index in [0.717, 1.165) is 22.6 Å². The molecule has 36 heavy (non-hydrogen) atoms. The van der Waals surface area contributed by atoms with Crippen LogP contribution in [-0.4, -0.2) is 46.5 Å². The number of anilines is 1. The lowest BCUT2D eigenvalue weighted by Gasteiger charge is -2.23. The van der Waals surface area contributed by atoms with Gasteiger partial charge < -0.3 is 14.1 Å². The molecule has 0 saturated heterocycles. The van der Waals surface area contributed by atoms with E-state index in [2.05, 4.69) is 5.32 Å². The van der Waals surface area contributed by atoms with E-state index in [1.165, 1.54) is 11.2 Å². The molecule has 0 aliphatic carbocycles. The van der Waals surface area contributed by atoms with Crippen LogP contribution in [0.2, 0.25) is 0 Å². The quantitative estimate of drug-likeness (QED) is 0.352. The molecular formula is C28H30N4O4. The van der Waals surface area contributed by atoms with Gasteiger partial charge in [0.15, 0.2) is 5.76 Å². The number of carbonyl (C=O) groups is 2. The predicted octanol–water partition coefficient (Wildman–Crippen LogP) is 5.19. The molecule has 2 aromatic carbocycles. The summed E-state index contributed by atoms with van der Waals surface area (Å²) in [6.45, 7) is 6.28. The van der Waals surface area contributed by atoms with Crippen LogP contribution in [-0.2, 0) is 4.79 Å². The van der Waals surface area contributed by atoms with Crippen LogP contribution in [0, 0.1) is 12.8 Å². The smallest absolute Gasteiger partial charge is 0.290 e. The molecule has 0 radical (unpaired) electrons. The van der Waals surface area contributed by atoms with Crippen molar-refractivity contribution in [3.8, 4) is 22.7 Å². The first kappa shape index (κ1) is 24.8. The maximum absolute atomic E-state index is 13.1. The van der Waals surface area contributed by atoms with Gasteiger partial charge in [-0.1, -0.05) is 31.5 Å². The molecule has 0 saturated carbocycles. The topological polar surface area (TPSA) is 89.6 Å². The summed E-state index contributed by atoms with van der Waals surface area (Å²) in [4.78, 5) is 32.2. The number of nitrogens with one attached hydrogen (secondary N) is 1. The van der Waals surface area contributed by atoms with Crippen molar-refractivity contribution in [1.82, 2.24) is 14.5 Å². The van der Waals surface area contributed by atoms with Gasteiger partial charge in [-0.2, -0.15) is 0 Å². The van der Waals surface area contributed by atoms with E-state index in [1.54, 1.807) is 19.2 Å². The number of imidazole rings is 1. The van der Waals surface area contributed by atoms with Gasteiger partial charge in [-0.15, -0.1) is 0 Å². The molecule has 0 aliphatic heterocycles. The summed E-state index contributed by atoms with van der Waals surface area (Å²) in [6.07, 6.45) is 3.32. The van der Waals surface area contributed by atoms with E-state index in [4.69, 9.17) is 14.1 Å². The number of amides is 2. The molecule has 4 rings (SSSR count). The molecule has 0 fully saturated rings. The van der Waals surface area contributed by atoms with Crippen molar-refractivity contribution in [3.63, 3.8) is 0 Å². The van der Waals surface area contributed by atoms with E-state index in [0.29, 0.717) is 18.2 Å². The molecule has 0 unspecified atom stereocenters. The fourth-order valence-electron chi connectivity index (χ4n) is 3.83. The number of benzene rings is 2. The summed E-state index contributed by atoms with van der Waals surface area (Å²) in [5.41, 5.74) is 3.56. The third-order valence-electron chi connectivity index (χ3n) is 5.59. The van der Waals surface area contributed by atoms with Gasteiger partial charge in [0.1, 0.15) is 12.3 Å². The number of hydrogen-bond donors (Lipinski definition) is 1. The summed E-state index contributed by atoms with van der Waals surface area (Å²) in [5, 5.41) is 2.90. The molecular weight excluding hydrogens is 456 g/mol. The molecule has 2 aromatic heterocycles. The Bertz CT molecular complexity index is 1310. The second-order valence-corrected chi connectivity index (χ2v) is 8.99. The monoisotopic (exact) mass is 486 g/mol. The second-order valence-electron chi connectivity index (χ2n) is 8.99. The first-order chi connectivity index (χ1) is 17.3. The zero-order chi connectivity index (χ0) is 25.7. The highest BCUT2D eigenvalue weighted by atomic mass is 16.5. The summed E-state index contributed by atoms with van der Waals surface area (Å²) >= 11 is 0. The van der Waals surface area contributed by atoms with E-state index in [9.17, 15) is 9.59 Å². The third kappa shape index (κ3) is 5.83. The number of rotatable bonds is 9. The van der Waals surface area contributed by atoms with Gasteiger partial charge >= 0.3 is 0 Å². The van der Waals surface area contributed by atoms with Crippen molar-refractivity contribution in [3.05, 3.63) is 84.4 Å². The van der Waals surface area contributed by atoms with Crippen LogP contribution < -0.4 is 10.1 Å². The lowest BCUT2D eigenvalue weighted by Crippen LogP contribution is -2.40. The molecule has 0 aliphatic rings. The summed E-state index contributed by atoms with van der Waals surface area (Å²) in [5.74, 6) is 0.807. The van der Waals surface area contributed by atoms with Crippen LogP contribution in [0.25, 0.3) is 16.9 Å². The number of aromatic nitrogens is 2. The highest BCUT2D eigenvalue weighted by Gasteiger charge is 2.23. The van der Waals surface area contributed by atoms with Crippen molar-refractivity contribution in [1.29, 1.82) is 0 Å². The van der Waals surface area contributed by atoms with Crippen LogP contribution in [0.3, 0.4) is 0 Å². The Morgan fingerprint density at radius 2 is 1.81 bits per heavy atom. The molecule has 186 valence electrons. The van der Waals surface area contributed by atoms with Crippen LogP contribution in [0.1, 0.15) is 30.0 Å². The van der Waals surface area contributed by atoms with Gasteiger partial charge in [0.05, 0.1) is 19.1 Å². The van der Waals surface area contributed by atoms with Gasteiger partial charge in [0, 0.05) is 24.0 Å². The summed E-state index contributed by atoms with van der Waals surface area (Å²) < 4.78 is 12.4. The molecule has 0 atom stereocenters. The minimum Gasteiger partial charge on any atom is -0.497 e. The van der Waals surface area contributed by atoms with Crippen molar-refractivity contribution < 1.29 is 18.7 Å². The van der Waals surface area contributed by atoms with Crippen LogP contribution in [0.5, 0.6) is 5.75 Å². The minimum atomic E-state index is -0.351. The van der Waals surface area contributed by atoms with E-state index < -0.39 is 0 Å². The highest BCUT2D eigenvalue weighted by molar-refractivity contribution is 5.97. The molecule has 0 spiro atoms. The second kappa shape index (κ2) is 10.9. The minimum absolute atomic E-state index is 0.129. The molecule has 8 heteroatoms. The Balaban J connectivity index is 1.62. The van der Waals surface area contributed by atoms with Crippen molar-refractivity contribution >= 4 is 17.8 Å². The molecule has 2 amide bonds. The Morgan fingerprint density at radius 1 is 1.08 bits per heavy atom. The van der Waals surface area contributed by atoms with Gasteiger partial charge in [0.25, 0.3) is 5.91 Å². The average molecular weight is 487 g/mol. The zero-order valence-corrected chi connectivity index (χ0v) is 20.9. The van der Waals surface area contributed by atoms with Gasteiger partial charge in [-0.05, 0) is 61.4 Å². The van der Waals surface area contributed by atoms with E-state index in [1.807, 2.05) is 80.1 Å². The Morgan fingerprint density at radius 3 is 2.42 bits per heavy atom. The third-order valence-corrected chi connectivity index (χ3v) is 5.59. The fraction of sp³-hybridized carbons (Fsp3) is 0.250. The Kier molecular flexibility index (Phi) is 7.53. The summed E-state index contributed by atoms with van der Waals surface area (Å²) in [7, 11) is 1.62. The van der Waals surface area contributed by atoms with Gasteiger partial charge in [-0.25, -0.2) is 4.98 Å². The lowest BCUT2D eigenvalue weighted by atomic mass is 10.1. The van der Waals surface area contributed by atoms with Crippen LogP contribution in [0.15, 0.2) is 77.5 Å². The van der Waals surface area contributed by atoms with Crippen LogP contribution >= 0.6 is 0 Å². The van der Waals surface area contributed by atoms with Crippen molar-refractivity contribution in [2.75, 3.05) is 25.5 Å². The van der Waals surface area contributed by atoms with Crippen molar-refractivity contribution in [2.24, 2.45) is 5.92 Å². The maximum Gasteiger partial charge on any atom is 0.290 e. The number of hydrogen-bond acceptors (Lipinski definition) is 5. The number of carbonyl (C=O) groups excluding carboxylic acids is 2. The van der Waals surface area contributed by atoms with Gasteiger partial charge in [-0.3, -0.25) is 19.5 Å². The normalized spacial score (nSPS) is 10.9. The maximum atomic E-state index is 13.1. The van der Waals surface area contributed by atoms with Crippen molar-refractivity contribution in [2.45, 2.75) is 20.8 Å². The SMILES string of the molecule is COc1ccc(-c2cn(-c3ccc(C)cc3)c(NC(=O)CN(CC(C)C)C(=O)c3ccco3)n2)cc1. The molecule has 4 aromatic rings. The predicted molar refractivity (Wildman–Crippen MR) is 138 cm³/mol. The summed E-state index contributed by atoms with van der Waals surface area (Å²) in [6, 6.07) is 18.7. The number of ether oxygens (including phenoxy) is 1. The largest absolute Gasteiger partial charge is 0.497 e. The number of methoxy groups -OCH3 is 1. The van der Waals surface area contributed by atoms with E-state index in [-0.39, 0.29) is 30.0 Å². The fourth-order valence-corrected chi connectivity index (χ4v) is 3.83. The van der Waals surface area contributed by atoms with Gasteiger partial charge in [0.2, 0.25) is 11.9 Å². The standard InChI is InChI=1S/C28H30N4O4/c1-19(2)16-31(27(34)25-6-5-15-36-25)18-26(33)30-28-29-24(21-9-13-23(35-4)14-10-21)17-32(28)22-11-7-20(3)8-12-22/h5-15,17,19H,16,18H2,1-4H3,(H,29,30,33). The van der Waals surface area contributed by atoms with E-state index >= 15 is 0 Å².